The van der Waals surface area contributed by atoms with Crippen LogP contribution < -0.4 is 128 Å². The maximum atomic E-state index is 14.8. The molecule has 0 aromatic carbocycles. The number of H-pyrrole nitrogens is 1. The van der Waals surface area contributed by atoms with E-state index in [9.17, 15) is 57.8 Å². The predicted molar refractivity (Wildman–Crippen MR) is 384 cm³/mol. The third-order valence-corrected chi connectivity index (χ3v) is 16.1. The number of nitrogens with one attached hydrogen (secondary N) is 10. The van der Waals surface area contributed by atoms with Gasteiger partial charge in [0.1, 0.15) is 66.5 Å². The lowest BCUT2D eigenvalue weighted by Gasteiger charge is -2.29. The number of amides is 11. The van der Waals surface area contributed by atoms with Crippen LogP contribution in [0.15, 0.2) is 37.5 Å². The van der Waals surface area contributed by atoms with Crippen molar-refractivity contribution in [2.24, 2.45) is 105 Å². The van der Waals surface area contributed by atoms with Crippen LogP contribution in [0, 0.1) is 0 Å². The molecule has 43 nitrogen and oxygen atoms in total. The van der Waals surface area contributed by atoms with Crippen LogP contribution in [0.2, 0.25) is 0 Å². The average molecular weight is 1460 g/mol. The van der Waals surface area contributed by atoms with Crippen LogP contribution in [-0.4, -0.2) is 240 Å². The number of nitrogens with two attached hydrogens (primary N) is 14. The molecule has 12 atom stereocenters. The predicted octanol–water partition coefficient (Wildman–Crippen LogP) is -11.0. The molecule has 43 heteroatoms. The van der Waals surface area contributed by atoms with E-state index in [-0.39, 0.29) is 178 Å². The molecule has 0 aliphatic carbocycles. The number of imidazole rings is 1. The zero-order chi connectivity index (χ0) is 77.1. The van der Waals surface area contributed by atoms with Crippen LogP contribution in [0.3, 0.4) is 0 Å². The number of hydrogen-bond donors (Lipinski definition) is 25. The number of guanidine groups is 5. The van der Waals surface area contributed by atoms with Crippen LogP contribution in [-0.2, 0) is 59.2 Å². The highest BCUT2D eigenvalue weighted by Gasteiger charge is 2.40. The third-order valence-electron chi connectivity index (χ3n) is 16.1. The number of likely N-dealkylation sites (tertiary alicyclic amines) is 1. The summed E-state index contributed by atoms with van der Waals surface area (Å²) in [4.78, 5) is 183. The van der Waals surface area contributed by atoms with Crippen molar-refractivity contribution in [3.63, 3.8) is 0 Å². The molecule has 1 aromatic heterocycles. The van der Waals surface area contributed by atoms with Crippen LogP contribution >= 0.6 is 0 Å². The van der Waals surface area contributed by atoms with Gasteiger partial charge >= 0.3 is 0 Å². The lowest BCUT2D eigenvalue weighted by Crippen LogP contribution is -2.60. The highest BCUT2D eigenvalue weighted by Crippen LogP contribution is 2.20. The maximum absolute atomic E-state index is 14.8. The van der Waals surface area contributed by atoms with Gasteiger partial charge in [-0.15, -0.1) is 0 Å². The minimum absolute atomic E-state index is 0.0129. The Bertz CT molecular complexity index is 3020. The Morgan fingerprint density at radius 1 is 0.466 bits per heavy atom. The third kappa shape index (κ3) is 35.6. The minimum Gasteiger partial charge on any atom is -0.391 e. The number of primary amides is 1. The summed E-state index contributed by atoms with van der Waals surface area (Å²) in [7, 11) is 0. The summed E-state index contributed by atoms with van der Waals surface area (Å²) in [6.45, 7) is 3.15. The summed E-state index contributed by atoms with van der Waals surface area (Å²) in [5.41, 5.74) is 79.4. The molecule has 0 bridgehead atoms. The van der Waals surface area contributed by atoms with Gasteiger partial charge < -0.3 is 143 Å². The lowest BCUT2D eigenvalue weighted by atomic mass is 10.0. The average Bonchev–Trinajstić information content (AvgIpc) is 1.74. The monoisotopic (exact) mass is 1460 g/mol. The van der Waals surface area contributed by atoms with E-state index in [1.165, 1.54) is 31.3 Å². The van der Waals surface area contributed by atoms with Crippen molar-refractivity contribution >= 4 is 94.8 Å². The molecule has 1 aliphatic heterocycles. The first kappa shape index (κ1) is 88.7. The second-order valence-electron chi connectivity index (χ2n) is 24.7. The summed E-state index contributed by atoms with van der Waals surface area (Å²) >= 11 is 0. The number of unbranched alkanes of at least 4 members (excludes halogenated alkanes) is 2. The number of rotatable bonds is 51. The number of carbonyl (C=O) groups is 11. The zero-order valence-electron chi connectivity index (χ0n) is 58.8. The van der Waals surface area contributed by atoms with E-state index in [1.807, 2.05) is 0 Å². The van der Waals surface area contributed by atoms with E-state index >= 15 is 0 Å². The molecule has 0 spiro atoms. The van der Waals surface area contributed by atoms with Crippen molar-refractivity contribution in [1.82, 2.24) is 62.7 Å². The largest absolute Gasteiger partial charge is 0.391 e. The molecule has 103 heavy (non-hydrogen) atoms. The normalized spacial score (nSPS) is 15.6. The molecular formula is C60H113N31O12. The topological polar surface area (TPSA) is 774 Å². The van der Waals surface area contributed by atoms with Gasteiger partial charge in [-0.25, -0.2) is 4.98 Å². The Morgan fingerprint density at radius 2 is 0.777 bits per heavy atom. The van der Waals surface area contributed by atoms with Gasteiger partial charge in [0.15, 0.2) is 29.8 Å². The molecule has 2 heterocycles. The summed E-state index contributed by atoms with van der Waals surface area (Å²) in [6, 6.07) is -15.0. The quantitative estimate of drug-likeness (QED) is 0.0164. The van der Waals surface area contributed by atoms with Gasteiger partial charge in [0, 0.05) is 57.6 Å². The summed E-state index contributed by atoms with van der Waals surface area (Å²) < 4.78 is 0. The Labute approximate surface area is 597 Å². The number of aromatic amines is 1. The van der Waals surface area contributed by atoms with Crippen LogP contribution in [0.5, 0.6) is 0 Å². The van der Waals surface area contributed by atoms with Gasteiger partial charge in [0.05, 0.1) is 12.4 Å². The van der Waals surface area contributed by atoms with Crippen molar-refractivity contribution in [3.8, 4) is 0 Å². The van der Waals surface area contributed by atoms with Crippen LogP contribution in [0.4, 0.5) is 0 Å². The highest BCUT2D eigenvalue weighted by molar-refractivity contribution is 5.99. The molecule has 0 saturated carbocycles. The Kier molecular flexibility index (Phi) is 41.7. The van der Waals surface area contributed by atoms with E-state index < -0.39 is 138 Å². The molecule has 1 saturated heterocycles. The standard InChI is InChI=1S/C60H113N31O12/c1-32(82-47(95)37(15-7-23-76-56(65)66)89-54(102)43-20-12-28-91(43)55(103)44(63)33(2)92)46(94)83-38(16-8-24-77-57(67)68)50(98)86-40(18-10-26-79-59(71)72)52(100)87-39(17-9-25-78-58(69)70)51(99)85-35(13-3-5-21-61)48(96)84-36(14-4-6-22-62)49(97)88-41(19-11-27-80-60(73)74)53(101)90-42(45(64)93)29-34-30-75-31-81-34/h30-33,35-44,92H,3-29,61-63H2,1-2H3,(H2,64,93)(H,75,81)(H,82,95)(H,83,94)(H,84,96)(H,85,99)(H,86,98)(H,87,100)(H,88,97)(H,89,102)(H,90,101)(H4,65,66,76)(H4,67,68,77)(H4,69,70,78)(H4,71,72,79)(H4,73,74,80)/t32-,33+,35-,36-,37-,38-,39-,40-,41-,42-,43-,44-/m0/s1. The molecule has 1 aromatic rings. The second kappa shape index (κ2) is 48.4. The summed E-state index contributed by atoms with van der Waals surface area (Å²) in [5, 5.41) is 33.8. The van der Waals surface area contributed by atoms with Crippen molar-refractivity contribution in [2.75, 3.05) is 52.4 Å². The van der Waals surface area contributed by atoms with Gasteiger partial charge in [0.25, 0.3) is 0 Å². The van der Waals surface area contributed by atoms with Crippen molar-refractivity contribution in [2.45, 2.75) is 208 Å². The molecule has 0 unspecified atom stereocenters. The minimum atomic E-state index is -1.52. The van der Waals surface area contributed by atoms with E-state index in [2.05, 4.69) is 82.8 Å². The number of aliphatic hydroxyl groups is 1. The molecule has 1 aliphatic rings. The first-order chi connectivity index (χ1) is 48.8. The zero-order valence-corrected chi connectivity index (χ0v) is 58.8. The van der Waals surface area contributed by atoms with Gasteiger partial charge in [-0.05, 0) is 143 Å². The Morgan fingerprint density at radius 3 is 1.08 bits per heavy atom. The highest BCUT2D eigenvalue weighted by atomic mass is 16.3. The number of aliphatic imine (C=N–C) groups is 5. The van der Waals surface area contributed by atoms with E-state index in [0.717, 1.165) is 0 Å². The van der Waals surface area contributed by atoms with Crippen LogP contribution in [0.1, 0.15) is 135 Å². The van der Waals surface area contributed by atoms with E-state index in [4.69, 9.17) is 80.3 Å². The molecule has 580 valence electrons. The molecule has 2 rings (SSSR count). The first-order valence-electron chi connectivity index (χ1n) is 34.2. The van der Waals surface area contributed by atoms with Gasteiger partial charge in [-0.1, -0.05) is 0 Å². The number of hydrogen-bond acceptors (Lipinski definition) is 21. The van der Waals surface area contributed by atoms with Gasteiger partial charge in [-0.3, -0.25) is 77.7 Å². The summed E-state index contributed by atoms with van der Waals surface area (Å²) in [5.74, 6) is -10.6. The molecular weight excluding hydrogens is 1350 g/mol. The van der Waals surface area contributed by atoms with Crippen molar-refractivity contribution in [3.05, 3.63) is 18.2 Å². The number of aliphatic hydroxyl groups excluding tert-OH is 1. The molecule has 39 N–H and O–H groups in total. The fraction of sp³-hybridized carbons (Fsp3) is 0.683. The Balaban J connectivity index is 2.61. The van der Waals surface area contributed by atoms with E-state index in [1.54, 1.807) is 0 Å². The lowest BCUT2D eigenvalue weighted by molar-refractivity contribution is -0.142. The smallest absolute Gasteiger partial charge is 0.243 e. The SMILES string of the molecule is C[C@H](NC(=O)[C@H](CCCN=C(N)N)NC(=O)[C@@H]1CCCN1C(=O)[C@@H](N)[C@@H](C)O)C(=O)N[C@@H](CCCN=C(N)N)C(=O)N[C@@H](CCCN=C(N)N)C(=O)N[C@@H](CCCN=C(N)N)C(=O)N[C@@H](CCCCN)C(=O)N[C@@H](CCCCN)C(=O)N[C@@H](CCCN=C(N)N)C(=O)N[C@@H](Cc1cnc[nH]1)C(N)=O. The van der Waals surface area contributed by atoms with Gasteiger partial charge in [-0.2, -0.15) is 0 Å². The Hall–Kier alpha value is -10.4. The first-order valence-corrected chi connectivity index (χ1v) is 34.2. The van der Waals surface area contributed by atoms with Crippen molar-refractivity contribution < 1.29 is 57.8 Å². The number of nitrogens with zero attached hydrogens (tertiary/aromatic N) is 7. The maximum Gasteiger partial charge on any atom is 0.243 e. The second-order valence-corrected chi connectivity index (χ2v) is 24.7. The molecule has 1 fully saturated rings. The summed E-state index contributed by atoms with van der Waals surface area (Å²) in [6.07, 6.45) is 3.24. The van der Waals surface area contributed by atoms with Crippen LogP contribution in [0.25, 0.3) is 0 Å². The number of aromatic nitrogens is 2. The van der Waals surface area contributed by atoms with Gasteiger partial charge in [0.2, 0.25) is 65.0 Å². The van der Waals surface area contributed by atoms with Crippen molar-refractivity contribution in [1.29, 1.82) is 0 Å². The van der Waals surface area contributed by atoms with E-state index in [0.29, 0.717) is 31.4 Å². The molecule has 0 radical (unpaired) electrons. The molecule has 11 amide bonds. The fourth-order valence-electron chi connectivity index (χ4n) is 10.5. The fourth-order valence-corrected chi connectivity index (χ4v) is 10.5. The number of carbonyl (C=O) groups excluding carboxylic acids is 11.